The Bertz CT molecular complexity index is 564. The molecule has 3 heteroatoms. The Morgan fingerprint density at radius 1 is 1.05 bits per heavy atom. The summed E-state index contributed by atoms with van der Waals surface area (Å²) in [7, 11) is 0. The van der Waals surface area contributed by atoms with Crippen LogP contribution >= 0.6 is 0 Å². The van der Waals surface area contributed by atoms with Gasteiger partial charge in [-0.1, -0.05) is 49.4 Å². The minimum Gasteiger partial charge on any atom is -0.478 e. The van der Waals surface area contributed by atoms with Crippen molar-refractivity contribution in [3.63, 3.8) is 0 Å². The maximum Gasteiger partial charge on any atom is 0.335 e. The van der Waals surface area contributed by atoms with Crippen LogP contribution < -0.4 is 5.32 Å². The van der Waals surface area contributed by atoms with Crippen LogP contribution in [0, 0.1) is 0 Å². The van der Waals surface area contributed by atoms with Crippen LogP contribution in [0.4, 0.5) is 0 Å². The zero-order chi connectivity index (χ0) is 15.1. The molecular weight excluding hydrogens is 262 g/mol. The van der Waals surface area contributed by atoms with Crippen molar-refractivity contribution in [3.05, 3.63) is 71.3 Å². The van der Waals surface area contributed by atoms with Gasteiger partial charge in [0.05, 0.1) is 5.56 Å². The van der Waals surface area contributed by atoms with E-state index in [1.165, 1.54) is 5.56 Å². The summed E-state index contributed by atoms with van der Waals surface area (Å²) in [5.74, 6) is -0.884. The molecule has 0 spiro atoms. The Hall–Kier alpha value is -2.13. The van der Waals surface area contributed by atoms with Gasteiger partial charge in [-0.05, 0) is 36.1 Å². The van der Waals surface area contributed by atoms with Gasteiger partial charge < -0.3 is 10.4 Å². The Balaban J connectivity index is 1.89. The van der Waals surface area contributed by atoms with Gasteiger partial charge in [0.1, 0.15) is 0 Å². The molecule has 110 valence electrons. The lowest BCUT2D eigenvalue weighted by atomic mass is 10.0. The van der Waals surface area contributed by atoms with Crippen molar-refractivity contribution >= 4 is 5.97 Å². The predicted octanol–water partition coefficient (Wildman–Crippen LogP) is 3.50. The van der Waals surface area contributed by atoms with Gasteiger partial charge in [-0.3, -0.25) is 0 Å². The zero-order valence-corrected chi connectivity index (χ0v) is 12.3. The highest BCUT2D eigenvalue weighted by atomic mass is 16.4. The van der Waals surface area contributed by atoms with Gasteiger partial charge in [-0.25, -0.2) is 4.79 Å². The van der Waals surface area contributed by atoms with Crippen LogP contribution in [0.1, 0.15) is 34.8 Å². The van der Waals surface area contributed by atoms with E-state index in [-0.39, 0.29) is 0 Å². The number of benzene rings is 2. The number of hydrogen-bond donors (Lipinski definition) is 2. The van der Waals surface area contributed by atoms with Crippen LogP contribution in [-0.4, -0.2) is 17.1 Å². The van der Waals surface area contributed by atoms with Crippen molar-refractivity contribution in [3.8, 4) is 0 Å². The van der Waals surface area contributed by atoms with E-state index in [0.29, 0.717) is 11.6 Å². The fourth-order valence-corrected chi connectivity index (χ4v) is 2.29. The average molecular weight is 283 g/mol. The number of aromatic carboxylic acids is 1. The fraction of sp³-hybridized carbons (Fsp3) is 0.278. The SMILES string of the molecule is CCC(Cc1ccccc1)NCc1ccc(C(=O)O)cc1. The standard InChI is InChI=1S/C18H21NO2/c1-2-17(12-14-6-4-3-5-7-14)19-13-15-8-10-16(11-9-15)18(20)21/h3-11,17,19H,2,12-13H2,1H3,(H,20,21). The molecule has 0 aromatic heterocycles. The fourth-order valence-electron chi connectivity index (χ4n) is 2.29. The van der Waals surface area contributed by atoms with E-state index >= 15 is 0 Å². The van der Waals surface area contributed by atoms with Crippen molar-refractivity contribution in [2.45, 2.75) is 32.4 Å². The normalized spacial score (nSPS) is 12.0. The smallest absolute Gasteiger partial charge is 0.335 e. The van der Waals surface area contributed by atoms with Crippen LogP contribution in [-0.2, 0) is 13.0 Å². The second-order valence-corrected chi connectivity index (χ2v) is 5.18. The Kier molecular flexibility index (Phi) is 5.52. The highest BCUT2D eigenvalue weighted by Gasteiger charge is 2.07. The number of nitrogens with one attached hydrogen (secondary N) is 1. The van der Waals surface area contributed by atoms with E-state index in [9.17, 15) is 4.79 Å². The van der Waals surface area contributed by atoms with Gasteiger partial charge in [0.15, 0.2) is 0 Å². The molecule has 21 heavy (non-hydrogen) atoms. The van der Waals surface area contributed by atoms with Gasteiger partial charge in [-0.2, -0.15) is 0 Å². The molecule has 2 rings (SSSR count). The van der Waals surface area contributed by atoms with E-state index in [1.54, 1.807) is 12.1 Å². The number of hydrogen-bond acceptors (Lipinski definition) is 2. The molecule has 0 aliphatic rings. The molecule has 0 saturated heterocycles. The molecule has 1 unspecified atom stereocenters. The first kappa shape index (κ1) is 15.3. The second-order valence-electron chi connectivity index (χ2n) is 5.18. The first-order valence-electron chi connectivity index (χ1n) is 7.28. The van der Waals surface area contributed by atoms with Crippen LogP contribution in [0.2, 0.25) is 0 Å². The molecule has 0 amide bonds. The quantitative estimate of drug-likeness (QED) is 0.817. The molecule has 0 heterocycles. The largest absolute Gasteiger partial charge is 0.478 e. The highest BCUT2D eigenvalue weighted by Crippen LogP contribution is 2.08. The van der Waals surface area contributed by atoms with Crippen molar-refractivity contribution in [1.82, 2.24) is 5.32 Å². The topological polar surface area (TPSA) is 49.3 Å². The monoisotopic (exact) mass is 283 g/mol. The number of carbonyl (C=O) groups is 1. The molecule has 2 aromatic carbocycles. The van der Waals surface area contributed by atoms with Gasteiger partial charge in [0, 0.05) is 12.6 Å². The van der Waals surface area contributed by atoms with Crippen LogP contribution in [0.25, 0.3) is 0 Å². The van der Waals surface area contributed by atoms with Gasteiger partial charge >= 0.3 is 5.97 Å². The maximum absolute atomic E-state index is 10.8. The number of carboxylic acids is 1. The molecule has 0 fully saturated rings. The third-order valence-corrected chi connectivity index (χ3v) is 3.61. The summed E-state index contributed by atoms with van der Waals surface area (Å²) in [6.07, 6.45) is 2.06. The molecule has 0 aliphatic heterocycles. The molecule has 0 bridgehead atoms. The summed E-state index contributed by atoms with van der Waals surface area (Å²) in [4.78, 5) is 10.8. The van der Waals surface area contributed by atoms with E-state index in [4.69, 9.17) is 5.11 Å². The molecule has 2 aromatic rings. The van der Waals surface area contributed by atoms with E-state index in [1.807, 2.05) is 18.2 Å². The molecule has 2 N–H and O–H groups in total. The summed E-state index contributed by atoms with van der Waals surface area (Å²) in [5.41, 5.74) is 2.76. The van der Waals surface area contributed by atoms with Crippen molar-refractivity contribution in [2.24, 2.45) is 0 Å². The van der Waals surface area contributed by atoms with Crippen molar-refractivity contribution in [1.29, 1.82) is 0 Å². The van der Waals surface area contributed by atoms with E-state index in [2.05, 4.69) is 36.5 Å². The van der Waals surface area contributed by atoms with Crippen molar-refractivity contribution < 1.29 is 9.90 Å². The number of carboxylic acid groups (broad SMARTS) is 1. The Labute approximate surface area is 125 Å². The lowest BCUT2D eigenvalue weighted by Gasteiger charge is -2.17. The molecule has 1 atom stereocenters. The molecule has 0 aliphatic carbocycles. The zero-order valence-electron chi connectivity index (χ0n) is 12.3. The van der Waals surface area contributed by atoms with Crippen LogP contribution in [0.5, 0.6) is 0 Å². The Morgan fingerprint density at radius 3 is 2.29 bits per heavy atom. The molecule has 3 nitrogen and oxygen atoms in total. The number of rotatable bonds is 7. The third-order valence-electron chi connectivity index (χ3n) is 3.61. The van der Waals surface area contributed by atoms with Gasteiger partial charge in [0.2, 0.25) is 0 Å². The predicted molar refractivity (Wildman–Crippen MR) is 84.5 cm³/mol. The van der Waals surface area contributed by atoms with E-state index in [0.717, 1.165) is 24.9 Å². The molecule has 0 radical (unpaired) electrons. The summed E-state index contributed by atoms with van der Waals surface area (Å²) < 4.78 is 0. The Morgan fingerprint density at radius 2 is 1.71 bits per heavy atom. The highest BCUT2D eigenvalue weighted by molar-refractivity contribution is 5.87. The van der Waals surface area contributed by atoms with Crippen LogP contribution in [0.3, 0.4) is 0 Å². The lowest BCUT2D eigenvalue weighted by Crippen LogP contribution is -2.30. The average Bonchev–Trinajstić information content (AvgIpc) is 2.52. The summed E-state index contributed by atoms with van der Waals surface area (Å²) in [5, 5.41) is 12.4. The molecular formula is C18H21NO2. The summed E-state index contributed by atoms with van der Waals surface area (Å²) in [6, 6.07) is 17.9. The van der Waals surface area contributed by atoms with Crippen LogP contribution in [0.15, 0.2) is 54.6 Å². The maximum atomic E-state index is 10.8. The summed E-state index contributed by atoms with van der Waals surface area (Å²) in [6.45, 7) is 2.93. The summed E-state index contributed by atoms with van der Waals surface area (Å²) >= 11 is 0. The van der Waals surface area contributed by atoms with Crippen molar-refractivity contribution in [2.75, 3.05) is 0 Å². The van der Waals surface area contributed by atoms with Gasteiger partial charge in [-0.15, -0.1) is 0 Å². The third kappa shape index (κ3) is 4.72. The minimum atomic E-state index is -0.884. The molecule has 0 saturated carbocycles. The van der Waals surface area contributed by atoms with E-state index < -0.39 is 5.97 Å². The first-order valence-corrected chi connectivity index (χ1v) is 7.28. The lowest BCUT2D eigenvalue weighted by molar-refractivity contribution is 0.0697. The van der Waals surface area contributed by atoms with Gasteiger partial charge in [0.25, 0.3) is 0 Å². The first-order chi connectivity index (χ1) is 10.2. The second kappa shape index (κ2) is 7.60. The minimum absolute atomic E-state index is 0.329.